The van der Waals surface area contributed by atoms with Gasteiger partial charge in [0.25, 0.3) is 11.8 Å². The molecule has 1 saturated heterocycles. The van der Waals surface area contributed by atoms with E-state index >= 15 is 0 Å². The van der Waals surface area contributed by atoms with Crippen LogP contribution in [0.5, 0.6) is 0 Å². The summed E-state index contributed by atoms with van der Waals surface area (Å²) in [6.45, 7) is 2.94. The third-order valence-corrected chi connectivity index (χ3v) is 5.02. The van der Waals surface area contributed by atoms with Crippen LogP contribution in [-0.4, -0.2) is 83.8 Å². The number of benzene rings is 1. The lowest BCUT2D eigenvalue weighted by Gasteiger charge is -2.32. The van der Waals surface area contributed by atoms with Crippen molar-refractivity contribution in [3.8, 4) is 0 Å². The Morgan fingerprint density at radius 2 is 1.71 bits per heavy atom. The summed E-state index contributed by atoms with van der Waals surface area (Å²) in [5, 5.41) is 9.15. The van der Waals surface area contributed by atoms with Gasteiger partial charge in [0.1, 0.15) is 0 Å². The lowest BCUT2D eigenvalue weighted by Crippen LogP contribution is -2.46. The second-order valence-electron chi connectivity index (χ2n) is 7.08. The molecule has 8 heteroatoms. The third-order valence-electron chi connectivity index (χ3n) is 5.02. The molecule has 1 unspecified atom stereocenters. The number of carbonyl (C=O) groups is 4. The molecule has 28 heavy (non-hydrogen) atoms. The van der Waals surface area contributed by atoms with Crippen molar-refractivity contribution in [3.05, 3.63) is 35.4 Å². The average Bonchev–Trinajstić information content (AvgIpc) is 2.71. The summed E-state index contributed by atoms with van der Waals surface area (Å²) < 4.78 is 0. The Balaban J connectivity index is 2.03. The zero-order valence-electron chi connectivity index (χ0n) is 16.6. The van der Waals surface area contributed by atoms with Crippen molar-refractivity contribution < 1.29 is 24.3 Å². The fourth-order valence-corrected chi connectivity index (χ4v) is 3.15. The molecule has 0 saturated carbocycles. The van der Waals surface area contributed by atoms with Gasteiger partial charge in [0.05, 0.1) is 12.5 Å². The Hall–Kier alpha value is -2.90. The molecule has 8 nitrogen and oxygen atoms in total. The SMILES string of the molecule is CCN(C)C(=O)c1cccc(C(=O)N(C)CC(=O)N2CCCC(C(=O)O)C2)c1. The van der Waals surface area contributed by atoms with E-state index in [1.807, 2.05) is 6.92 Å². The first-order valence-corrected chi connectivity index (χ1v) is 9.36. The molecule has 152 valence electrons. The van der Waals surface area contributed by atoms with Gasteiger partial charge in [-0.15, -0.1) is 0 Å². The zero-order valence-corrected chi connectivity index (χ0v) is 16.6. The summed E-state index contributed by atoms with van der Waals surface area (Å²) >= 11 is 0. The molecule has 1 aliphatic heterocycles. The van der Waals surface area contributed by atoms with Crippen molar-refractivity contribution in [2.75, 3.05) is 40.3 Å². The van der Waals surface area contributed by atoms with E-state index in [9.17, 15) is 19.2 Å². The molecule has 0 spiro atoms. The van der Waals surface area contributed by atoms with Gasteiger partial charge in [0, 0.05) is 44.9 Å². The molecular weight excluding hydrogens is 362 g/mol. The number of likely N-dealkylation sites (tertiary alicyclic amines) is 1. The second-order valence-corrected chi connectivity index (χ2v) is 7.08. The summed E-state index contributed by atoms with van der Waals surface area (Å²) in [7, 11) is 3.20. The molecule has 1 N–H and O–H groups in total. The van der Waals surface area contributed by atoms with Gasteiger partial charge >= 0.3 is 5.97 Å². The largest absolute Gasteiger partial charge is 0.481 e. The highest BCUT2D eigenvalue weighted by Gasteiger charge is 2.29. The van der Waals surface area contributed by atoms with Crippen molar-refractivity contribution in [3.63, 3.8) is 0 Å². The number of carbonyl (C=O) groups excluding carboxylic acids is 3. The predicted octanol–water partition coefficient (Wildman–Crippen LogP) is 1.17. The minimum Gasteiger partial charge on any atom is -0.481 e. The maximum atomic E-state index is 12.7. The maximum absolute atomic E-state index is 12.7. The minimum atomic E-state index is -0.902. The monoisotopic (exact) mass is 389 g/mol. The molecule has 1 atom stereocenters. The van der Waals surface area contributed by atoms with Crippen LogP contribution in [0.3, 0.4) is 0 Å². The van der Waals surface area contributed by atoms with Gasteiger partial charge < -0.3 is 19.8 Å². The number of amides is 3. The molecule has 0 radical (unpaired) electrons. The Labute approximate surface area is 164 Å². The quantitative estimate of drug-likeness (QED) is 0.788. The van der Waals surface area contributed by atoms with E-state index in [4.69, 9.17) is 5.11 Å². The Kier molecular flexibility index (Phi) is 7.14. The van der Waals surface area contributed by atoms with Crippen molar-refractivity contribution in [1.82, 2.24) is 14.7 Å². The Morgan fingerprint density at radius 1 is 1.11 bits per heavy atom. The smallest absolute Gasteiger partial charge is 0.308 e. The highest BCUT2D eigenvalue weighted by Crippen LogP contribution is 2.17. The molecule has 1 aliphatic rings. The molecule has 1 fully saturated rings. The van der Waals surface area contributed by atoms with E-state index in [-0.39, 0.29) is 30.8 Å². The van der Waals surface area contributed by atoms with E-state index in [0.29, 0.717) is 37.1 Å². The number of rotatable bonds is 6. The van der Waals surface area contributed by atoms with Crippen LogP contribution in [-0.2, 0) is 9.59 Å². The summed E-state index contributed by atoms with van der Waals surface area (Å²) in [6, 6.07) is 6.42. The molecule has 1 aromatic rings. The van der Waals surface area contributed by atoms with Crippen LogP contribution in [0, 0.1) is 5.92 Å². The van der Waals surface area contributed by atoms with Gasteiger partial charge in [-0.3, -0.25) is 19.2 Å². The molecule has 0 bridgehead atoms. The highest BCUT2D eigenvalue weighted by molar-refractivity contribution is 6.00. The third kappa shape index (κ3) is 5.09. The van der Waals surface area contributed by atoms with Crippen LogP contribution >= 0.6 is 0 Å². The lowest BCUT2D eigenvalue weighted by atomic mass is 9.98. The predicted molar refractivity (Wildman–Crippen MR) is 103 cm³/mol. The van der Waals surface area contributed by atoms with Gasteiger partial charge in [-0.1, -0.05) is 6.07 Å². The first-order valence-electron chi connectivity index (χ1n) is 9.36. The minimum absolute atomic E-state index is 0.141. The summed E-state index contributed by atoms with van der Waals surface area (Å²) in [5.41, 5.74) is 0.739. The van der Waals surface area contributed by atoms with Crippen molar-refractivity contribution >= 4 is 23.7 Å². The number of piperidine rings is 1. The number of aliphatic carboxylic acids is 1. The fourth-order valence-electron chi connectivity index (χ4n) is 3.15. The van der Waals surface area contributed by atoms with Crippen LogP contribution in [0.2, 0.25) is 0 Å². The van der Waals surface area contributed by atoms with Crippen LogP contribution in [0.15, 0.2) is 24.3 Å². The van der Waals surface area contributed by atoms with Gasteiger partial charge in [-0.2, -0.15) is 0 Å². The Bertz CT molecular complexity index is 764. The van der Waals surface area contributed by atoms with Gasteiger partial charge in [0.2, 0.25) is 5.91 Å². The fraction of sp³-hybridized carbons (Fsp3) is 0.500. The lowest BCUT2D eigenvalue weighted by molar-refractivity contribution is -0.145. The normalized spacial score (nSPS) is 16.4. The molecule has 0 aliphatic carbocycles. The van der Waals surface area contributed by atoms with Crippen LogP contribution < -0.4 is 0 Å². The molecule has 3 amide bonds. The van der Waals surface area contributed by atoms with E-state index in [0.717, 1.165) is 0 Å². The number of hydrogen-bond acceptors (Lipinski definition) is 4. The first kappa shape index (κ1) is 21.4. The second kappa shape index (κ2) is 9.34. The van der Waals surface area contributed by atoms with Gasteiger partial charge in [-0.05, 0) is 38.0 Å². The van der Waals surface area contributed by atoms with Gasteiger partial charge in [0.15, 0.2) is 0 Å². The zero-order chi connectivity index (χ0) is 20.8. The molecule has 2 rings (SSSR count). The maximum Gasteiger partial charge on any atom is 0.308 e. The summed E-state index contributed by atoms with van der Waals surface area (Å²) in [6.07, 6.45) is 1.19. The topological polar surface area (TPSA) is 98.2 Å². The Morgan fingerprint density at radius 3 is 2.29 bits per heavy atom. The molecule has 1 aromatic carbocycles. The van der Waals surface area contributed by atoms with E-state index in [1.165, 1.54) is 22.9 Å². The number of nitrogens with zero attached hydrogens (tertiary/aromatic N) is 3. The standard InChI is InChI=1S/C20H27N3O5/c1-4-21(2)18(25)14-7-5-8-15(11-14)19(26)22(3)13-17(24)23-10-6-9-16(12-23)20(27)28/h5,7-8,11,16H,4,6,9-10,12-13H2,1-3H3,(H,27,28). The van der Waals surface area contributed by atoms with Crippen LogP contribution in [0.1, 0.15) is 40.5 Å². The molecular formula is C20H27N3O5. The van der Waals surface area contributed by atoms with Crippen molar-refractivity contribution in [1.29, 1.82) is 0 Å². The molecule has 0 aromatic heterocycles. The summed E-state index contributed by atoms with van der Waals surface area (Å²) in [5.74, 6) is -2.28. The number of likely N-dealkylation sites (N-methyl/N-ethyl adjacent to an activating group) is 1. The van der Waals surface area contributed by atoms with Crippen LogP contribution in [0.25, 0.3) is 0 Å². The van der Waals surface area contributed by atoms with E-state index < -0.39 is 11.9 Å². The van der Waals surface area contributed by atoms with E-state index in [2.05, 4.69) is 0 Å². The van der Waals surface area contributed by atoms with E-state index in [1.54, 1.807) is 30.1 Å². The van der Waals surface area contributed by atoms with Crippen molar-refractivity contribution in [2.24, 2.45) is 5.92 Å². The molecule has 1 heterocycles. The van der Waals surface area contributed by atoms with Gasteiger partial charge in [-0.25, -0.2) is 0 Å². The first-order chi connectivity index (χ1) is 13.2. The highest BCUT2D eigenvalue weighted by atomic mass is 16.4. The van der Waals surface area contributed by atoms with Crippen LogP contribution in [0.4, 0.5) is 0 Å². The number of carboxylic acids is 1. The summed E-state index contributed by atoms with van der Waals surface area (Å²) in [4.78, 5) is 53.0. The number of hydrogen-bond donors (Lipinski definition) is 1. The average molecular weight is 389 g/mol. The number of carboxylic acid groups (broad SMARTS) is 1. The van der Waals surface area contributed by atoms with Crippen molar-refractivity contribution in [2.45, 2.75) is 19.8 Å².